The number of nitrogens with one attached hydrogen (secondary N) is 1. The standard InChI is InChI=1S/C19H24N6O/c1-12-2-3-16(25-11-20-22-23-25)9-18(12)21-19(26)24-10-15-5-13-4-14(6-15)8-17(24)7-13/h2-3,9,11,13-15,17H,4-8,10H2,1H3,(H,21,26). The molecule has 2 saturated heterocycles. The van der Waals surface area contributed by atoms with Crippen LogP contribution >= 0.6 is 0 Å². The lowest BCUT2D eigenvalue weighted by Crippen LogP contribution is -2.44. The van der Waals surface area contributed by atoms with E-state index in [1.54, 1.807) is 11.0 Å². The van der Waals surface area contributed by atoms with Crippen LogP contribution in [0.1, 0.15) is 37.7 Å². The minimum atomic E-state index is 0.0418. The second-order valence-corrected chi connectivity index (χ2v) is 8.27. The van der Waals surface area contributed by atoms with Crippen LogP contribution in [0.15, 0.2) is 24.5 Å². The number of anilines is 1. The Morgan fingerprint density at radius 2 is 1.88 bits per heavy atom. The first kappa shape index (κ1) is 15.8. The van der Waals surface area contributed by atoms with Gasteiger partial charge in [0, 0.05) is 18.3 Å². The van der Waals surface area contributed by atoms with Crippen LogP contribution in [0.25, 0.3) is 5.69 Å². The van der Waals surface area contributed by atoms with E-state index < -0.39 is 0 Å². The Bertz CT molecular complexity index is 805. The van der Waals surface area contributed by atoms with Gasteiger partial charge in [-0.25, -0.2) is 9.48 Å². The summed E-state index contributed by atoms with van der Waals surface area (Å²) in [6.07, 6.45) is 7.93. The molecule has 2 aliphatic heterocycles. The molecular weight excluding hydrogens is 328 g/mol. The number of nitrogens with zero attached hydrogens (tertiary/aromatic N) is 5. The zero-order valence-electron chi connectivity index (χ0n) is 15.0. The molecule has 3 heterocycles. The Morgan fingerprint density at radius 1 is 1.12 bits per heavy atom. The first-order valence-electron chi connectivity index (χ1n) is 9.57. The molecule has 7 heteroatoms. The number of hydrogen-bond donors (Lipinski definition) is 1. The summed E-state index contributed by atoms with van der Waals surface area (Å²) in [5, 5.41) is 14.4. The minimum Gasteiger partial charge on any atom is -0.321 e. The summed E-state index contributed by atoms with van der Waals surface area (Å²) in [5.74, 6) is 2.35. The Kier molecular flexibility index (Phi) is 3.69. The summed E-state index contributed by atoms with van der Waals surface area (Å²) in [6.45, 7) is 2.92. The number of rotatable bonds is 2. The summed E-state index contributed by atoms with van der Waals surface area (Å²) in [6, 6.07) is 6.33. The number of carbonyl (C=O) groups is 1. The highest BCUT2D eigenvalue weighted by Crippen LogP contribution is 2.47. The predicted octanol–water partition coefficient (Wildman–Crippen LogP) is 3.01. The van der Waals surface area contributed by atoms with Gasteiger partial charge in [0.15, 0.2) is 0 Å². The van der Waals surface area contributed by atoms with Crippen molar-refractivity contribution in [3.05, 3.63) is 30.1 Å². The largest absolute Gasteiger partial charge is 0.322 e. The average Bonchev–Trinajstić information content (AvgIpc) is 3.08. The fourth-order valence-electron chi connectivity index (χ4n) is 5.39. The quantitative estimate of drug-likeness (QED) is 0.901. The number of aromatic nitrogens is 4. The van der Waals surface area contributed by atoms with Crippen molar-refractivity contribution in [1.82, 2.24) is 25.1 Å². The highest BCUT2D eigenvalue weighted by Gasteiger charge is 2.44. The summed E-state index contributed by atoms with van der Waals surface area (Å²) < 4.78 is 1.60. The maximum absolute atomic E-state index is 13.1. The highest BCUT2D eigenvalue weighted by molar-refractivity contribution is 5.90. The van der Waals surface area contributed by atoms with Crippen LogP contribution in [0.5, 0.6) is 0 Å². The van der Waals surface area contributed by atoms with Crippen molar-refractivity contribution in [3.8, 4) is 5.69 Å². The molecule has 1 aromatic carbocycles. The van der Waals surface area contributed by atoms with Crippen LogP contribution in [0, 0.1) is 24.7 Å². The molecule has 4 fully saturated rings. The predicted molar refractivity (Wildman–Crippen MR) is 97.0 cm³/mol. The first-order valence-corrected chi connectivity index (χ1v) is 9.57. The number of fused-ring (bicyclic) bond motifs is 1. The molecule has 6 rings (SSSR count). The average molecular weight is 352 g/mol. The number of urea groups is 1. The monoisotopic (exact) mass is 352 g/mol. The van der Waals surface area contributed by atoms with Crippen LogP contribution in [-0.4, -0.2) is 43.7 Å². The lowest BCUT2D eigenvalue weighted by molar-refractivity contribution is 0.136. The summed E-state index contributed by atoms with van der Waals surface area (Å²) in [7, 11) is 0. The molecule has 136 valence electrons. The number of hydrogen-bond acceptors (Lipinski definition) is 4. The number of amides is 2. The molecule has 2 saturated carbocycles. The van der Waals surface area contributed by atoms with Crippen molar-refractivity contribution < 1.29 is 4.79 Å². The molecule has 2 aliphatic carbocycles. The number of aryl methyl sites for hydroxylation is 1. The van der Waals surface area contributed by atoms with Crippen molar-refractivity contribution in [2.45, 2.75) is 45.1 Å². The van der Waals surface area contributed by atoms with E-state index in [1.807, 2.05) is 25.1 Å². The van der Waals surface area contributed by atoms with Crippen LogP contribution in [-0.2, 0) is 0 Å². The van der Waals surface area contributed by atoms with Gasteiger partial charge in [-0.15, -0.1) is 5.10 Å². The van der Waals surface area contributed by atoms with Gasteiger partial charge in [0.05, 0.1) is 5.69 Å². The van der Waals surface area contributed by atoms with E-state index in [0.29, 0.717) is 12.0 Å². The third-order valence-electron chi connectivity index (χ3n) is 6.44. The third kappa shape index (κ3) is 2.75. The van der Waals surface area contributed by atoms with Gasteiger partial charge < -0.3 is 10.2 Å². The first-order chi connectivity index (χ1) is 12.7. The fraction of sp³-hybridized carbons (Fsp3) is 0.579. The van der Waals surface area contributed by atoms with Crippen LogP contribution in [0.4, 0.5) is 10.5 Å². The van der Waals surface area contributed by atoms with Crippen molar-refractivity contribution >= 4 is 11.7 Å². The normalized spacial score (nSPS) is 29.7. The lowest BCUT2D eigenvalue weighted by atomic mass is 9.68. The van der Waals surface area contributed by atoms with E-state index in [2.05, 4.69) is 25.7 Å². The van der Waals surface area contributed by atoms with Crippen molar-refractivity contribution in [2.75, 3.05) is 11.9 Å². The molecular formula is C19H24N6O. The van der Waals surface area contributed by atoms with Gasteiger partial charge in [-0.1, -0.05) is 6.07 Å². The molecule has 2 amide bonds. The zero-order chi connectivity index (χ0) is 17.7. The zero-order valence-corrected chi connectivity index (χ0v) is 15.0. The van der Waals surface area contributed by atoms with Crippen molar-refractivity contribution in [1.29, 1.82) is 0 Å². The summed E-state index contributed by atoms with van der Waals surface area (Å²) in [5.41, 5.74) is 2.70. The molecule has 0 radical (unpaired) electrons. The molecule has 2 atom stereocenters. The van der Waals surface area contributed by atoms with Gasteiger partial charge in [0.1, 0.15) is 6.33 Å². The maximum atomic E-state index is 13.1. The molecule has 2 unspecified atom stereocenters. The van der Waals surface area contributed by atoms with Gasteiger partial charge >= 0.3 is 6.03 Å². The number of carbonyl (C=O) groups excluding carboxylic acids is 1. The third-order valence-corrected chi connectivity index (χ3v) is 6.44. The fourth-order valence-corrected chi connectivity index (χ4v) is 5.39. The maximum Gasteiger partial charge on any atom is 0.322 e. The van der Waals surface area contributed by atoms with Crippen molar-refractivity contribution in [3.63, 3.8) is 0 Å². The van der Waals surface area contributed by atoms with Crippen LogP contribution in [0.2, 0.25) is 0 Å². The van der Waals surface area contributed by atoms with E-state index >= 15 is 0 Å². The van der Waals surface area contributed by atoms with Gasteiger partial charge in [-0.2, -0.15) is 0 Å². The van der Waals surface area contributed by atoms with Gasteiger partial charge in [0.25, 0.3) is 0 Å². The SMILES string of the molecule is Cc1ccc(-n2cnnn2)cc1NC(=O)N1CC2CC3CC(C2)CC1C3. The van der Waals surface area contributed by atoms with Crippen molar-refractivity contribution in [2.24, 2.45) is 17.8 Å². The molecule has 1 aromatic heterocycles. The van der Waals surface area contributed by atoms with Gasteiger partial charge in [-0.3, -0.25) is 0 Å². The van der Waals surface area contributed by atoms with Crippen LogP contribution < -0.4 is 5.32 Å². The Morgan fingerprint density at radius 3 is 2.62 bits per heavy atom. The van der Waals surface area contributed by atoms with E-state index in [-0.39, 0.29) is 6.03 Å². The second kappa shape index (κ2) is 6.07. The molecule has 0 spiro atoms. The van der Waals surface area contributed by atoms with Crippen LogP contribution in [0.3, 0.4) is 0 Å². The Labute approximate surface area is 152 Å². The molecule has 7 nitrogen and oxygen atoms in total. The molecule has 4 bridgehead atoms. The lowest BCUT2D eigenvalue weighted by Gasteiger charge is -2.38. The van der Waals surface area contributed by atoms with E-state index in [4.69, 9.17) is 0 Å². The molecule has 1 N–H and O–H groups in total. The van der Waals surface area contributed by atoms with E-state index in [0.717, 1.165) is 35.3 Å². The molecule has 2 aromatic rings. The summed E-state index contributed by atoms with van der Waals surface area (Å²) in [4.78, 5) is 15.2. The van der Waals surface area contributed by atoms with Gasteiger partial charge in [-0.05, 0) is 84.9 Å². The molecule has 4 aliphatic rings. The van der Waals surface area contributed by atoms with E-state index in [1.165, 1.54) is 32.1 Å². The number of tetrazole rings is 1. The molecule has 26 heavy (non-hydrogen) atoms. The number of benzene rings is 1. The van der Waals surface area contributed by atoms with Gasteiger partial charge in [0.2, 0.25) is 0 Å². The Balaban J connectivity index is 1.38. The summed E-state index contributed by atoms with van der Waals surface area (Å²) >= 11 is 0. The minimum absolute atomic E-state index is 0.0418. The highest BCUT2D eigenvalue weighted by atomic mass is 16.2. The van der Waals surface area contributed by atoms with E-state index in [9.17, 15) is 4.79 Å². The second-order valence-electron chi connectivity index (χ2n) is 8.27. The topological polar surface area (TPSA) is 75.9 Å². The Hall–Kier alpha value is -2.44. The smallest absolute Gasteiger partial charge is 0.321 e.